The summed E-state index contributed by atoms with van der Waals surface area (Å²) >= 11 is 0. The molecule has 2 aliphatic rings. The molecule has 0 spiro atoms. The molecular weight excluding hydrogens is 256 g/mol. The van der Waals surface area contributed by atoms with E-state index in [-0.39, 0.29) is 0 Å². The number of hydrogen-bond acceptors (Lipinski definition) is 2. The predicted molar refractivity (Wildman–Crippen MR) is 89.3 cm³/mol. The number of piperazine rings is 1. The van der Waals surface area contributed by atoms with Crippen molar-refractivity contribution in [3.05, 3.63) is 35.9 Å². The Kier molecular flexibility index (Phi) is 4.66. The van der Waals surface area contributed by atoms with Crippen LogP contribution in [-0.4, -0.2) is 30.1 Å². The van der Waals surface area contributed by atoms with E-state index >= 15 is 0 Å². The highest BCUT2D eigenvalue weighted by Gasteiger charge is 2.37. The molecule has 1 N–H and O–H groups in total. The zero-order chi connectivity index (χ0) is 14.8. The van der Waals surface area contributed by atoms with Gasteiger partial charge in [-0.25, -0.2) is 0 Å². The molecule has 1 aliphatic heterocycles. The minimum Gasteiger partial charge on any atom is -0.307 e. The summed E-state index contributed by atoms with van der Waals surface area (Å²) in [6.45, 7) is 9.48. The van der Waals surface area contributed by atoms with Crippen LogP contribution in [0.15, 0.2) is 30.3 Å². The normalized spacial score (nSPS) is 29.3. The second kappa shape index (κ2) is 6.50. The van der Waals surface area contributed by atoms with E-state index in [1.165, 1.54) is 24.8 Å². The fourth-order valence-corrected chi connectivity index (χ4v) is 3.98. The molecule has 0 bridgehead atoms. The average molecular weight is 286 g/mol. The summed E-state index contributed by atoms with van der Waals surface area (Å²) in [6, 6.07) is 12.9. The highest BCUT2D eigenvalue weighted by Crippen LogP contribution is 2.35. The molecule has 0 amide bonds. The van der Waals surface area contributed by atoms with E-state index in [2.05, 4.69) is 61.3 Å². The van der Waals surface area contributed by atoms with Gasteiger partial charge in [-0.1, -0.05) is 50.6 Å². The van der Waals surface area contributed by atoms with Gasteiger partial charge in [0, 0.05) is 31.2 Å². The molecular formula is C19H30N2. The van der Waals surface area contributed by atoms with Crippen LogP contribution >= 0.6 is 0 Å². The summed E-state index contributed by atoms with van der Waals surface area (Å²) in [7, 11) is 0. The van der Waals surface area contributed by atoms with Crippen LogP contribution in [0.2, 0.25) is 0 Å². The standard InChI is InChI=1S/C19H30N2/c1-14(2)19-12-20-18(17-8-5-4-6-9-17)13-21(19)15(3)16-10-7-11-16/h4-6,8-9,14-16,18-20H,7,10-13H2,1-3H3. The summed E-state index contributed by atoms with van der Waals surface area (Å²) in [5, 5.41) is 3.78. The van der Waals surface area contributed by atoms with Crippen LogP contribution in [0.1, 0.15) is 51.6 Å². The molecule has 1 aromatic carbocycles. The summed E-state index contributed by atoms with van der Waals surface area (Å²) in [4.78, 5) is 2.81. The molecule has 3 unspecified atom stereocenters. The fourth-order valence-electron chi connectivity index (χ4n) is 3.98. The van der Waals surface area contributed by atoms with Gasteiger partial charge in [-0.15, -0.1) is 0 Å². The van der Waals surface area contributed by atoms with E-state index in [0.29, 0.717) is 12.1 Å². The Balaban J connectivity index is 1.75. The summed E-state index contributed by atoms with van der Waals surface area (Å²) in [6.07, 6.45) is 4.31. The van der Waals surface area contributed by atoms with Crippen molar-refractivity contribution in [1.82, 2.24) is 10.2 Å². The lowest BCUT2D eigenvalue weighted by molar-refractivity contribution is 0.0178. The van der Waals surface area contributed by atoms with E-state index in [0.717, 1.165) is 31.0 Å². The third-order valence-electron chi connectivity index (χ3n) is 5.72. The van der Waals surface area contributed by atoms with Gasteiger partial charge in [0.25, 0.3) is 0 Å². The van der Waals surface area contributed by atoms with Crippen molar-refractivity contribution in [1.29, 1.82) is 0 Å². The van der Waals surface area contributed by atoms with Crippen molar-refractivity contribution < 1.29 is 0 Å². The molecule has 3 atom stereocenters. The molecule has 1 aromatic rings. The monoisotopic (exact) mass is 286 g/mol. The minimum atomic E-state index is 0.490. The van der Waals surface area contributed by atoms with Crippen LogP contribution in [0.25, 0.3) is 0 Å². The highest BCUT2D eigenvalue weighted by atomic mass is 15.3. The maximum atomic E-state index is 3.78. The van der Waals surface area contributed by atoms with Crippen molar-refractivity contribution in [3.8, 4) is 0 Å². The fraction of sp³-hybridized carbons (Fsp3) is 0.684. The van der Waals surface area contributed by atoms with Crippen molar-refractivity contribution >= 4 is 0 Å². The Bertz CT molecular complexity index is 438. The molecule has 1 aliphatic carbocycles. The Morgan fingerprint density at radius 1 is 1.10 bits per heavy atom. The first kappa shape index (κ1) is 15.1. The molecule has 1 heterocycles. The molecule has 1 saturated carbocycles. The smallest absolute Gasteiger partial charge is 0.0450 e. The van der Waals surface area contributed by atoms with Gasteiger partial charge in [-0.2, -0.15) is 0 Å². The zero-order valence-corrected chi connectivity index (χ0v) is 13.8. The topological polar surface area (TPSA) is 15.3 Å². The molecule has 2 nitrogen and oxygen atoms in total. The van der Waals surface area contributed by atoms with E-state index in [1.807, 2.05) is 0 Å². The number of nitrogens with zero attached hydrogens (tertiary/aromatic N) is 1. The zero-order valence-electron chi connectivity index (χ0n) is 13.8. The molecule has 21 heavy (non-hydrogen) atoms. The van der Waals surface area contributed by atoms with Crippen molar-refractivity contribution in [2.45, 2.75) is 58.2 Å². The first-order valence-corrected chi connectivity index (χ1v) is 8.71. The number of nitrogens with one attached hydrogen (secondary N) is 1. The summed E-state index contributed by atoms with van der Waals surface area (Å²) in [5.41, 5.74) is 1.44. The number of benzene rings is 1. The summed E-state index contributed by atoms with van der Waals surface area (Å²) < 4.78 is 0. The van der Waals surface area contributed by atoms with Crippen LogP contribution in [-0.2, 0) is 0 Å². The van der Waals surface area contributed by atoms with E-state index in [1.54, 1.807) is 0 Å². The first-order chi connectivity index (χ1) is 10.2. The van der Waals surface area contributed by atoms with Crippen molar-refractivity contribution in [2.24, 2.45) is 11.8 Å². The Morgan fingerprint density at radius 3 is 2.38 bits per heavy atom. The first-order valence-electron chi connectivity index (χ1n) is 8.71. The molecule has 116 valence electrons. The van der Waals surface area contributed by atoms with Gasteiger partial charge in [0.05, 0.1) is 0 Å². The summed E-state index contributed by atoms with van der Waals surface area (Å²) in [5.74, 6) is 1.65. The predicted octanol–water partition coefficient (Wildman–Crippen LogP) is 3.85. The quantitative estimate of drug-likeness (QED) is 0.904. The van der Waals surface area contributed by atoms with Gasteiger partial charge >= 0.3 is 0 Å². The maximum Gasteiger partial charge on any atom is 0.0450 e. The molecule has 0 aromatic heterocycles. The molecule has 2 fully saturated rings. The van der Waals surface area contributed by atoms with Crippen LogP contribution in [0, 0.1) is 11.8 Å². The number of hydrogen-bond donors (Lipinski definition) is 1. The van der Waals surface area contributed by atoms with E-state index in [4.69, 9.17) is 0 Å². The average Bonchev–Trinajstić information content (AvgIpc) is 2.45. The third-order valence-corrected chi connectivity index (χ3v) is 5.72. The van der Waals surface area contributed by atoms with Crippen LogP contribution in [0.4, 0.5) is 0 Å². The van der Waals surface area contributed by atoms with Gasteiger partial charge in [-0.05, 0) is 37.2 Å². The Labute approximate surface area is 129 Å². The third kappa shape index (κ3) is 3.17. The second-order valence-electron chi connectivity index (χ2n) is 7.31. The van der Waals surface area contributed by atoms with E-state index in [9.17, 15) is 0 Å². The lowest BCUT2D eigenvalue weighted by Crippen LogP contribution is -2.59. The lowest BCUT2D eigenvalue weighted by Gasteiger charge is -2.49. The Morgan fingerprint density at radius 2 is 1.81 bits per heavy atom. The molecule has 0 radical (unpaired) electrons. The minimum absolute atomic E-state index is 0.490. The second-order valence-corrected chi connectivity index (χ2v) is 7.31. The van der Waals surface area contributed by atoms with Gasteiger partial charge in [0.1, 0.15) is 0 Å². The highest BCUT2D eigenvalue weighted by molar-refractivity contribution is 5.20. The van der Waals surface area contributed by atoms with Gasteiger partial charge in [0.2, 0.25) is 0 Å². The Hall–Kier alpha value is -0.860. The van der Waals surface area contributed by atoms with E-state index < -0.39 is 0 Å². The maximum absolute atomic E-state index is 3.78. The molecule has 2 heteroatoms. The lowest BCUT2D eigenvalue weighted by atomic mass is 9.78. The van der Waals surface area contributed by atoms with Crippen LogP contribution in [0.5, 0.6) is 0 Å². The SMILES string of the molecule is CC(C)C1CNC(c2ccccc2)CN1C(C)C1CCC1. The van der Waals surface area contributed by atoms with Gasteiger partial charge < -0.3 is 5.32 Å². The van der Waals surface area contributed by atoms with Crippen molar-refractivity contribution in [2.75, 3.05) is 13.1 Å². The van der Waals surface area contributed by atoms with Crippen LogP contribution < -0.4 is 5.32 Å². The van der Waals surface area contributed by atoms with Crippen molar-refractivity contribution in [3.63, 3.8) is 0 Å². The van der Waals surface area contributed by atoms with Crippen LogP contribution in [0.3, 0.4) is 0 Å². The van der Waals surface area contributed by atoms with Gasteiger partial charge in [-0.3, -0.25) is 4.90 Å². The molecule has 1 saturated heterocycles. The molecule has 3 rings (SSSR count). The largest absolute Gasteiger partial charge is 0.307 e. The van der Waals surface area contributed by atoms with Gasteiger partial charge in [0.15, 0.2) is 0 Å². The number of rotatable bonds is 4.